The van der Waals surface area contributed by atoms with E-state index < -0.39 is 5.97 Å². The van der Waals surface area contributed by atoms with Crippen LogP contribution in [0.3, 0.4) is 0 Å². The third kappa shape index (κ3) is 8.55. The Balaban J connectivity index is 2.16. The van der Waals surface area contributed by atoms with Crippen molar-refractivity contribution < 1.29 is 14.7 Å². The summed E-state index contributed by atoms with van der Waals surface area (Å²) in [4.78, 5) is 24.8. The van der Waals surface area contributed by atoms with Crippen molar-refractivity contribution in [1.82, 2.24) is 15.5 Å². The molecule has 1 aliphatic rings. The largest absolute Gasteiger partial charge is 0.481 e. The lowest BCUT2D eigenvalue weighted by molar-refractivity contribution is -0.138. The summed E-state index contributed by atoms with van der Waals surface area (Å²) in [6.45, 7) is 6.00. The van der Waals surface area contributed by atoms with Crippen LogP contribution in [0.15, 0.2) is 0 Å². The van der Waals surface area contributed by atoms with Crippen molar-refractivity contribution in [3.63, 3.8) is 0 Å². The SMILES string of the molecule is CC(C)CC(CNC(=O)NCCN(C)C1CC1)CC(=O)O. The molecule has 1 saturated carbocycles. The summed E-state index contributed by atoms with van der Waals surface area (Å²) in [5, 5.41) is 14.5. The molecule has 2 amide bonds. The molecule has 1 atom stereocenters. The number of amides is 2. The number of urea groups is 1. The van der Waals surface area contributed by atoms with E-state index in [1.165, 1.54) is 12.8 Å². The number of carbonyl (C=O) groups is 2. The Kier molecular flexibility index (Phi) is 7.50. The Morgan fingerprint density at radius 2 is 1.95 bits per heavy atom. The number of rotatable bonds is 10. The molecule has 0 aromatic rings. The predicted molar refractivity (Wildman–Crippen MR) is 82.3 cm³/mol. The van der Waals surface area contributed by atoms with Crippen molar-refractivity contribution in [1.29, 1.82) is 0 Å². The first-order valence-electron chi connectivity index (χ1n) is 7.82. The molecule has 0 aromatic heterocycles. The molecule has 1 rings (SSSR count). The second kappa shape index (κ2) is 8.87. The van der Waals surface area contributed by atoms with E-state index in [1.807, 2.05) is 0 Å². The van der Waals surface area contributed by atoms with Gasteiger partial charge in [0.2, 0.25) is 0 Å². The Morgan fingerprint density at radius 1 is 1.29 bits per heavy atom. The summed E-state index contributed by atoms with van der Waals surface area (Å²) in [5.74, 6) is -0.400. The standard InChI is InChI=1S/C15H29N3O3/c1-11(2)8-12(9-14(19)20)10-17-15(21)16-6-7-18(3)13-4-5-13/h11-13H,4-10H2,1-3H3,(H,19,20)(H2,16,17,21). The van der Waals surface area contributed by atoms with Gasteiger partial charge in [0.05, 0.1) is 0 Å². The Labute approximate surface area is 127 Å². The molecule has 0 heterocycles. The minimum absolute atomic E-state index is 0.0117. The summed E-state index contributed by atoms with van der Waals surface area (Å²) in [5.41, 5.74) is 0. The van der Waals surface area contributed by atoms with E-state index in [1.54, 1.807) is 0 Å². The number of likely N-dealkylation sites (N-methyl/N-ethyl adjacent to an activating group) is 1. The van der Waals surface area contributed by atoms with Crippen molar-refractivity contribution in [3.05, 3.63) is 0 Å². The minimum Gasteiger partial charge on any atom is -0.481 e. The van der Waals surface area contributed by atoms with Gasteiger partial charge in [-0.15, -0.1) is 0 Å². The van der Waals surface area contributed by atoms with Crippen LogP contribution in [0.25, 0.3) is 0 Å². The number of nitrogens with zero attached hydrogens (tertiary/aromatic N) is 1. The second-order valence-electron chi connectivity index (χ2n) is 6.44. The first-order valence-corrected chi connectivity index (χ1v) is 7.82. The van der Waals surface area contributed by atoms with Crippen LogP contribution in [0.2, 0.25) is 0 Å². The average Bonchev–Trinajstić information content (AvgIpc) is 3.18. The highest BCUT2D eigenvalue weighted by atomic mass is 16.4. The predicted octanol–water partition coefficient (Wildman–Crippen LogP) is 1.52. The lowest BCUT2D eigenvalue weighted by atomic mass is 9.94. The van der Waals surface area contributed by atoms with Gasteiger partial charge in [-0.25, -0.2) is 4.79 Å². The maximum absolute atomic E-state index is 11.7. The molecular formula is C15H29N3O3. The summed E-state index contributed by atoms with van der Waals surface area (Å²) < 4.78 is 0. The molecule has 6 heteroatoms. The Bertz CT molecular complexity index is 343. The van der Waals surface area contributed by atoms with E-state index in [9.17, 15) is 9.59 Å². The van der Waals surface area contributed by atoms with Gasteiger partial charge >= 0.3 is 12.0 Å². The molecule has 1 unspecified atom stereocenters. The van der Waals surface area contributed by atoms with Crippen molar-refractivity contribution in [3.8, 4) is 0 Å². The highest BCUT2D eigenvalue weighted by Gasteiger charge is 2.25. The van der Waals surface area contributed by atoms with Gasteiger partial charge in [0.15, 0.2) is 0 Å². The molecule has 0 aromatic carbocycles. The summed E-state index contributed by atoms with van der Waals surface area (Å²) in [6, 6.07) is 0.485. The molecular weight excluding hydrogens is 270 g/mol. The summed E-state index contributed by atoms with van der Waals surface area (Å²) in [6.07, 6.45) is 3.42. The lowest BCUT2D eigenvalue weighted by Crippen LogP contribution is -2.42. The van der Waals surface area contributed by atoms with Crippen LogP contribution in [0.4, 0.5) is 4.79 Å². The van der Waals surface area contributed by atoms with E-state index in [2.05, 4.69) is 36.4 Å². The van der Waals surface area contributed by atoms with E-state index in [0.29, 0.717) is 25.0 Å². The van der Waals surface area contributed by atoms with Gasteiger partial charge in [0.25, 0.3) is 0 Å². The van der Waals surface area contributed by atoms with E-state index in [-0.39, 0.29) is 18.4 Å². The number of hydrogen-bond donors (Lipinski definition) is 3. The van der Waals surface area contributed by atoms with Gasteiger partial charge in [-0.3, -0.25) is 4.79 Å². The average molecular weight is 299 g/mol. The third-order valence-electron chi connectivity index (χ3n) is 3.74. The zero-order chi connectivity index (χ0) is 15.8. The molecule has 0 spiro atoms. The van der Waals surface area contributed by atoms with Gasteiger partial charge in [-0.2, -0.15) is 0 Å². The van der Waals surface area contributed by atoms with Gasteiger partial charge in [-0.05, 0) is 38.1 Å². The first-order chi connectivity index (χ1) is 9.88. The quantitative estimate of drug-likeness (QED) is 0.571. The van der Waals surface area contributed by atoms with Gasteiger partial charge in [0, 0.05) is 32.1 Å². The highest BCUT2D eigenvalue weighted by molar-refractivity contribution is 5.74. The second-order valence-corrected chi connectivity index (χ2v) is 6.44. The number of carboxylic acid groups (broad SMARTS) is 1. The van der Waals surface area contributed by atoms with Crippen molar-refractivity contribution in [2.75, 3.05) is 26.7 Å². The fourth-order valence-electron chi connectivity index (χ4n) is 2.50. The van der Waals surface area contributed by atoms with Crippen LogP contribution >= 0.6 is 0 Å². The monoisotopic (exact) mass is 299 g/mol. The molecule has 1 aliphatic carbocycles. The van der Waals surface area contributed by atoms with Crippen molar-refractivity contribution in [2.45, 2.75) is 45.6 Å². The topological polar surface area (TPSA) is 81.7 Å². The number of nitrogens with one attached hydrogen (secondary N) is 2. The molecule has 6 nitrogen and oxygen atoms in total. The van der Waals surface area contributed by atoms with E-state index in [0.717, 1.165) is 13.0 Å². The fourth-order valence-corrected chi connectivity index (χ4v) is 2.50. The number of carboxylic acids is 1. The van der Waals surface area contributed by atoms with Gasteiger partial charge in [0.1, 0.15) is 0 Å². The smallest absolute Gasteiger partial charge is 0.314 e. The third-order valence-corrected chi connectivity index (χ3v) is 3.74. The minimum atomic E-state index is -0.811. The summed E-state index contributed by atoms with van der Waals surface area (Å²) in [7, 11) is 2.07. The maximum Gasteiger partial charge on any atom is 0.314 e. The summed E-state index contributed by atoms with van der Waals surface area (Å²) >= 11 is 0. The highest BCUT2D eigenvalue weighted by Crippen LogP contribution is 2.24. The maximum atomic E-state index is 11.7. The fraction of sp³-hybridized carbons (Fsp3) is 0.867. The van der Waals surface area contributed by atoms with Crippen LogP contribution in [-0.4, -0.2) is 54.7 Å². The molecule has 3 N–H and O–H groups in total. The molecule has 21 heavy (non-hydrogen) atoms. The molecule has 0 aliphatic heterocycles. The molecule has 0 radical (unpaired) electrons. The zero-order valence-corrected chi connectivity index (χ0v) is 13.4. The van der Waals surface area contributed by atoms with Crippen LogP contribution in [0.5, 0.6) is 0 Å². The molecule has 0 saturated heterocycles. The number of hydrogen-bond acceptors (Lipinski definition) is 3. The number of carbonyl (C=O) groups excluding carboxylic acids is 1. The Morgan fingerprint density at radius 3 is 2.48 bits per heavy atom. The Hall–Kier alpha value is -1.30. The first kappa shape index (κ1) is 17.8. The van der Waals surface area contributed by atoms with E-state index in [4.69, 9.17) is 5.11 Å². The van der Waals surface area contributed by atoms with E-state index >= 15 is 0 Å². The van der Waals surface area contributed by atoms with Gasteiger partial charge in [-0.1, -0.05) is 13.8 Å². The number of aliphatic carboxylic acids is 1. The van der Waals surface area contributed by atoms with Crippen LogP contribution in [-0.2, 0) is 4.79 Å². The lowest BCUT2D eigenvalue weighted by Gasteiger charge is -2.19. The molecule has 0 bridgehead atoms. The van der Waals surface area contributed by atoms with Crippen molar-refractivity contribution in [2.24, 2.45) is 11.8 Å². The molecule has 1 fully saturated rings. The van der Waals surface area contributed by atoms with Crippen LogP contribution < -0.4 is 10.6 Å². The zero-order valence-electron chi connectivity index (χ0n) is 13.4. The van der Waals surface area contributed by atoms with Crippen LogP contribution in [0.1, 0.15) is 39.5 Å². The normalized spacial score (nSPS) is 16.0. The van der Waals surface area contributed by atoms with Crippen molar-refractivity contribution >= 4 is 12.0 Å². The van der Waals surface area contributed by atoms with Crippen LogP contribution in [0, 0.1) is 11.8 Å². The van der Waals surface area contributed by atoms with Gasteiger partial charge < -0.3 is 20.6 Å². The molecule has 122 valence electrons.